The minimum atomic E-state index is 0.805. The maximum atomic E-state index is 4.27. The van der Waals surface area contributed by atoms with Crippen LogP contribution in [-0.2, 0) is 0 Å². The molecule has 0 saturated heterocycles. The quantitative estimate of drug-likeness (QED) is 0.876. The third-order valence-electron chi connectivity index (χ3n) is 3.17. The first-order valence-electron chi connectivity index (χ1n) is 6.29. The van der Waals surface area contributed by atoms with Gasteiger partial charge in [-0.1, -0.05) is 12.8 Å². The third kappa shape index (κ3) is 3.31. The number of anilines is 2. The fourth-order valence-electron chi connectivity index (χ4n) is 2.24. The summed E-state index contributed by atoms with van der Waals surface area (Å²) >= 11 is 3.54. The van der Waals surface area contributed by atoms with Gasteiger partial charge in [0.25, 0.3) is 0 Å². The molecule has 4 nitrogen and oxygen atoms in total. The van der Waals surface area contributed by atoms with Gasteiger partial charge in [0.1, 0.15) is 22.4 Å². The molecule has 0 aliphatic heterocycles. The van der Waals surface area contributed by atoms with E-state index in [0.29, 0.717) is 0 Å². The summed E-state index contributed by atoms with van der Waals surface area (Å²) in [4.78, 5) is 8.47. The van der Waals surface area contributed by atoms with Crippen molar-refractivity contribution >= 4 is 27.6 Å². The van der Waals surface area contributed by atoms with Gasteiger partial charge in [0, 0.05) is 13.1 Å². The minimum Gasteiger partial charge on any atom is -0.369 e. The lowest BCUT2D eigenvalue weighted by Crippen LogP contribution is -2.13. The first kappa shape index (κ1) is 12.6. The van der Waals surface area contributed by atoms with Gasteiger partial charge in [0.15, 0.2) is 0 Å². The van der Waals surface area contributed by atoms with Crippen LogP contribution in [0.2, 0.25) is 0 Å². The predicted molar refractivity (Wildman–Crippen MR) is 74.3 cm³/mol. The van der Waals surface area contributed by atoms with E-state index in [1.54, 1.807) is 6.33 Å². The van der Waals surface area contributed by atoms with Crippen LogP contribution in [-0.4, -0.2) is 23.1 Å². The van der Waals surface area contributed by atoms with E-state index in [1.165, 1.54) is 25.7 Å². The van der Waals surface area contributed by atoms with Gasteiger partial charge in [-0.15, -0.1) is 0 Å². The standard InChI is InChI=1S/C12H19BrN4/c1-2-14-11-10(13)12(17-8-16-11)15-7-9-5-3-4-6-9/h8-9H,2-7H2,1H3,(H2,14,15,16,17). The lowest BCUT2D eigenvalue weighted by molar-refractivity contribution is 0.578. The summed E-state index contributed by atoms with van der Waals surface area (Å²) in [6, 6.07) is 0. The summed E-state index contributed by atoms with van der Waals surface area (Å²) in [5, 5.41) is 6.62. The van der Waals surface area contributed by atoms with Gasteiger partial charge in [-0.3, -0.25) is 0 Å². The molecule has 1 saturated carbocycles. The molecule has 2 rings (SSSR count). The van der Waals surface area contributed by atoms with Crippen molar-refractivity contribution in [3.05, 3.63) is 10.8 Å². The molecule has 1 aliphatic rings. The average Bonchev–Trinajstić information content (AvgIpc) is 2.83. The van der Waals surface area contributed by atoms with Crippen molar-refractivity contribution in [1.82, 2.24) is 9.97 Å². The SMILES string of the molecule is CCNc1ncnc(NCC2CCCC2)c1Br. The topological polar surface area (TPSA) is 49.8 Å². The van der Waals surface area contributed by atoms with Gasteiger partial charge in [-0.2, -0.15) is 0 Å². The van der Waals surface area contributed by atoms with Crippen LogP contribution >= 0.6 is 15.9 Å². The van der Waals surface area contributed by atoms with Gasteiger partial charge in [0.2, 0.25) is 0 Å². The molecular weight excluding hydrogens is 280 g/mol. The minimum absolute atomic E-state index is 0.805. The van der Waals surface area contributed by atoms with Crippen molar-refractivity contribution in [2.24, 2.45) is 5.92 Å². The molecule has 0 unspecified atom stereocenters. The van der Waals surface area contributed by atoms with Crippen LogP contribution in [0.25, 0.3) is 0 Å². The van der Waals surface area contributed by atoms with E-state index >= 15 is 0 Å². The van der Waals surface area contributed by atoms with Crippen LogP contribution in [0.4, 0.5) is 11.6 Å². The molecule has 0 aromatic carbocycles. The van der Waals surface area contributed by atoms with Gasteiger partial charge in [0.05, 0.1) is 0 Å². The second-order valence-corrected chi connectivity index (χ2v) is 5.24. The number of nitrogens with zero attached hydrogens (tertiary/aromatic N) is 2. The molecule has 1 aromatic rings. The normalized spacial score (nSPS) is 16.1. The maximum Gasteiger partial charge on any atom is 0.145 e. The van der Waals surface area contributed by atoms with Gasteiger partial charge < -0.3 is 10.6 Å². The highest BCUT2D eigenvalue weighted by atomic mass is 79.9. The predicted octanol–water partition coefficient (Wildman–Crippen LogP) is 3.27. The van der Waals surface area contributed by atoms with E-state index in [-0.39, 0.29) is 0 Å². The highest BCUT2D eigenvalue weighted by Gasteiger charge is 2.15. The number of rotatable bonds is 5. The Morgan fingerprint density at radius 3 is 2.53 bits per heavy atom. The van der Waals surface area contributed by atoms with Crippen LogP contribution < -0.4 is 10.6 Å². The van der Waals surface area contributed by atoms with Crippen LogP contribution in [0, 0.1) is 5.92 Å². The molecule has 2 N–H and O–H groups in total. The second-order valence-electron chi connectivity index (χ2n) is 4.45. The summed E-state index contributed by atoms with van der Waals surface area (Å²) in [6.45, 7) is 3.93. The van der Waals surface area contributed by atoms with Crippen LogP contribution in [0.5, 0.6) is 0 Å². The van der Waals surface area contributed by atoms with Gasteiger partial charge >= 0.3 is 0 Å². The zero-order valence-electron chi connectivity index (χ0n) is 10.2. The summed E-state index contributed by atoms with van der Waals surface area (Å²) in [6.07, 6.45) is 7.03. The monoisotopic (exact) mass is 298 g/mol. The van der Waals surface area contributed by atoms with E-state index in [2.05, 4.69) is 43.5 Å². The summed E-state index contributed by atoms with van der Waals surface area (Å²) < 4.78 is 0.930. The van der Waals surface area contributed by atoms with Crippen molar-refractivity contribution in [3.8, 4) is 0 Å². The van der Waals surface area contributed by atoms with Crippen molar-refractivity contribution < 1.29 is 0 Å². The Morgan fingerprint density at radius 2 is 1.88 bits per heavy atom. The zero-order valence-corrected chi connectivity index (χ0v) is 11.8. The smallest absolute Gasteiger partial charge is 0.145 e. The molecule has 94 valence electrons. The zero-order chi connectivity index (χ0) is 12.1. The van der Waals surface area contributed by atoms with Gasteiger partial charge in [-0.05, 0) is 41.6 Å². The van der Waals surface area contributed by atoms with E-state index in [0.717, 1.165) is 35.1 Å². The number of halogens is 1. The molecule has 5 heteroatoms. The molecule has 0 bridgehead atoms. The Morgan fingerprint density at radius 1 is 1.24 bits per heavy atom. The lowest BCUT2D eigenvalue weighted by Gasteiger charge is -2.13. The third-order valence-corrected chi connectivity index (χ3v) is 3.92. The van der Waals surface area contributed by atoms with Crippen molar-refractivity contribution in [2.75, 3.05) is 23.7 Å². The van der Waals surface area contributed by atoms with Crippen molar-refractivity contribution in [3.63, 3.8) is 0 Å². The first-order valence-corrected chi connectivity index (χ1v) is 7.08. The average molecular weight is 299 g/mol. The summed E-state index contributed by atoms with van der Waals surface area (Å²) in [5.74, 6) is 2.55. The van der Waals surface area contributed by atoms with E-state index in [4.69, 9.17) is 0 Å². The molecule has 0 spiro atoms. The number of hydrogen-bond donors (Lipinski definition) is 2. The van der Waals surface area contributed by atoms with E-state index in [1.807, 2.05) is 0 Å². The Bertz CT molecular complexity index is 364. The molecule has 17 heavy (non-hydrogen) atoms. The summed E-state index contributed by atoms with van der Waals surface area (Å²) in [5.41, 5.74) is 0. The molecule has 1 aromatic heterocycles. The molecule has 0 radical (unpaired) electrons. The molecular formula is C12H19BrN4. The Balaban J connectivity index is 1.97. The molecule has 1 heterocycles. The first-order chi connectivity index (χ1) is 8.31. The highest BCUT2D eigenvalue weighted by molar-refractivity contribution is 9.10. The number of aromatic nitrogens is 2. The largest absolute Gasteiger partial charge is 0.369 e. The van der Waals surface area contributed by atoms with Gasteiger partial charge in [-0.25, -0.2) is 9.97 Å². The number of nitrogens with one attached hydrogen (secondary N) is 2. The lowest BCUT2D eigenvalue weighted by atomic mass is 10.1. The van der Waals surface area contributed by atoms with Crippen LogP contribution in [0.1, 0.15) is 32.6 Å². The summed E-state index contributed by atoms with van der Waals surface area (Å²) in [7, 11) is 0. The molecule has 1 fully saturated rings. The molecule has 0 amide bonds. The maximum absolute atomic E-state index is 4.27. The highest BCUT2D eigenvalue weighted by Crippen LogP contribution is 2.28. The van der Waals surface area contributed by atoms with Crippen molar-refractivity contribution in [2.45, 2.75) is 32.6 Å². The van der Waals surface area contributed by atoms with E-state index < -0.39 is 0 Å². The molecule has 0 atom stereocenters. The fourth-order valence-corrected chi connectivity index (χ4v) is 2.72. The van der Waals surface area contributed by atoms with Crippen LogP contribution in [0.15, 0.2) is 10.8 Å². The Kier molecular flexibility index (Phi) is 4.59. The number of hydrogen-bond acceptors (Lipinski definition) is 4. The van der Waals surface area contributed by atoms with E-state index in [9.17, 15) is 0 Å². The Hall–Kier alpha value is -0.840. The van der Waals surface area contributed by atoms with Crippen LogP contribution in [0.3, 0.4) is 0 Å². The molecule has 1 aliphatic carbocycles. The second kappa shape index (κ2) is 6.19. The Labute approximate surface area is 111 Å². The van der Waals surface area contributed by atoms with Crippen molar-refractivity contribution in [1.29, 1.82) is 0 Å². The fraction of sp³-hybridized carbons (Fsp3) is 0.667.